The first-order chi connectivity index (χ1) is 39.5. The second-order valence-electron chi connectivity index (χ2n) is 22.3. The number of Topliss-reactive ketones (excluding diaryl/α,β-unsaturated/α-hetero) is 3. The van der Waals surface area contributed by atoms with Crippen molar-refractivity contribution in [3.63, 3.8) is 0 Å². The fourth-order valence-electron chi connectivity index (χ4n) is 9.59. The van der Waals surface area contributed by atoms with E-state index in [2.05, 4.69) is 24.5 Å². The van der Waals surface area contributed by atoms with Crippen LogP contribution in [0, 0.1) is 19.8 Å². The normalized spacial score (nSPS) is 12.4. The van der Waals surface area contributed by atoms with E-state index in [4.69, 9.17) is 31.1 Å². The summed E-state index contributed by atoms with van der Waals surface area (Å²) in [4.78, 5) is 118. The number of unbranched alkanes of at least 4 members (excludes halogenated alkanes) is 20. The Kier molecular flexibility index (Phi) is 35.9. The van der Waals surface area contributed by atoms with Gasteiger partial charge < -0.3 is 41.8 Å². The number of nitrogens with two attached hydrogens (primary N) is 3. The molecule has 4 aromatic rings. The van der Waals surface area contributed by atoms with E-state index in [1.165, 1.54) is 128 Å². The predicted octanol–water partition coefficient (Wildman–Crippen LogP) is 10.6. The van der Waals surface area contributed by atoms with Crippen LogP contribution in [0.4, 0.5) is 0 Å². The van der Waals surface area contributed by atoms with Crippen LogP contribution in [0.5, 0.6) is 0 Å². The first-order valence-corrected chi connectivity index (χ1v) is 30.3. The van der Waals surface area contributed by atoms with Gasteiger partial charge >= 0.3 is 17.2 Å². The Bertz CT molecular complexity index is 2800. The summed E-state index contributed by atoms with van der Waals surface area (Å²) in [6, 6.07) is 10.5. The number of amides is 4. The third kappa shape index (κ3) is 31.4. The summed E-state index contributed by atoms with van der Waals surface area (Å²) in [6.45, 7) is 11.2. The van der Waals surface area contributed by atoms with Gasteiger partial charge in [0.2, 0.25) is 23.6 Å². The average Bonchev–Trinajstić information content (AvgIpc) is 3.56. The van der Waals surface area contributed by atoms with Crippen LogP contribution in [0.1, 0.15) is 223 Å². The van der Waals surface area contributed by atoms with Crippen LogP contribution < -0.4 is 39.1 Å². The van der Waals surface area contributed by atoms with Crippen LogP contribution in [0.2, 0.25) is 0 Å². The molecular weight excluding hydrogens is 1060 g/mol. The number of carbonyl (C=O) groups excluding carboxylic acids is 7. The number of primary amides is 2. The third-order valence-electron chi connectivity index (χ3n) is 14.6. The van der Waals surface area contributed by atoms with Crippen LogP contribution in [0.15, 0.2) is 67.0 Å². The molecular formula is C65H97N5O13. The number of carboxylic acids is 1. The highest BCUT2D eigenvalue weighted by Gasteiger charge is 2.27. The molecule has 2 heterocycles. The van der Waals surface area contributed by atoms with Gasteiger partial charge in [0.1, 0.15) is 16.9 Å². The summed E-state index contributed by atoms with van der Waals surface area (Å²) in [7, 11) is 0. The first-order valence-electron chi connectivity index (χ1n) is 30.3. The van der Waals surface area contributed by atoms with Crippen molar-refractivity contribution in [1.29, 1.82) is 0 Å². The maximum atomic E-state index is 12.9. The maximum absolute atomic E-state index is 12.9. The van der Waals surface area contributed by atoms with Crippen molar-refractivity contribution in [3.8, 4) is 0 Å². The molecule has 4 rings (SSSR count). The molecule has 4 atom stereocenters. The molecule has 2 aromatic carbocycles. The van der Waals surface area contributed by atoms with E-state index in [-0.39, 0.29) is 49.5 Å². The summed E-state index contributed by atoms with van der Waals surface area (Å²) >= 11 is 0. The van der Waals surface area contributed by atoms with Crippen molar-refractivity contribution in [1.82, 2.24) is 10.6 Å². The van der Waals surface area contributed by atoms with Crippen molar-refractivity contribution >= 4 is 68.9 Å². The second-order valence-corrected chi connectivity index (χ2v) is 22.3. The van der Waals surface area contributed by atoms with E-state index < -0.39 is 64.9 Å². The number of ketones is 3. The van der Waals surface area contributed by atoms with Crippen molar-refractivity contribution in [2.24, 2.45) is 23.1 Å². The molecule has 18 heteroatoms. The topological polar surface area (TPSA) is 319 Å². The van der Waals surface area contributed by atoms with Crippen LogP contribution in [-0.2, 0) is 51.2 Å². The molecule has 18 nitrogen and oxygen atoms in total. The molecule has 2 aromatic heterocycles. The molecule has 0 unspecified atom stereocenters. The van der Waals surface area contributed by atoms with Gasteiger partial charge in [-0.2, -0.15) is 0 Å². The van der Waals surface area contributed by atoms with Crippen molar-refractivity contribution in [2.75, 3.05) is 0 Å². The van der Waals surface area contributed by atoms with Crippen molar-refractivity contribution < 1.29 is 52.3 Å². The van der Waals surface area contributed by atoms with Gasteiger partial charge in [-0.05, 0) is 74.9 Å². The predicted molar refractivity (Wildman–Crippen MR) is 326 cm³/mol. The Morgan fingerprint density at radius 1 is 0.494 bits per heavy atom. The molecule has 4 amide bonds. The molecule has 0 spiro atoms. The van der Waals surface area contributed by atoms with Crippen molar-refractivity contribution in [2.45, 2.75) is 246 Å². The lowest BCUT2D eigenvalue weighted by Crippen LogP contribution is -2.48. The van der Waals surface area contributed by atoms with Gasteiger partial charge in [-0.15, -0.1) is 0 Å². The van der Waals surface area contributed by atoms with Gasteiger partial charge in [-0.1, -0.05) is 167 Å². The molecule has 0 fully saturated rings. The lowest BCUT2D eigenvalue weighted by Gasteiger charge is -2.19. The minimum atomic E-state index is -1.10. The van der Waals surface area contributed by atoms with E-state index in [1.807, 2.05) is 6.92 Å². The summed E-state index contributed by atoms with van der Waals surface area (Å²) in [5.74, 6) is -4.65. The number of nitrogens with one attached hydrogen (secondary N) is 2. The van der Waals surface area contributed by atoms with Crippen LogP contribution in [0.25, 0.3) is 21.9 Å². The summed E-state index contributed by atoms with van der Waals surface area (Å²) < 4.78 is 10.4. The molecule has 0 aliphatic carbocycles. The Labute approximate surface area is 490 Å². The van der Waals surface area contributed by atoms with E-state index in [0.717, 1.165) is 54.0 Å². The molecule has 460 valence electrons. The van der Waals surface area contributed by atoms with Gasteiger partial charge in [-0.25, -0.2) is 9.59 Å². The number of hydrogen-bond donors (Lipinski definition) is 6. The Hall–Kier alpha value is -6.82. The fraction of sp³-hybridized carbons (Fsp3) is 0.600. The number of aryl methyl sites for hydroxylation is 2. The molecule has 9 N–H and O–H groups in total. The monoisotopic (exact) mass is 1160 g/mol. The maximum Gasteiger partial charge on any atom is 0.336 e. The summed E-state index contributed by atoms with van der Waals surface area (Å²) in [6.07, 6.45) is 27.2. The summed E-state index contributed by atoms with van der Waals surface area (Å²) in [5.41, 5.74) is 18.6. The highest BCUT2D eigenvalue weighted by Crippen LogP contribution is 2.21. The molecule has 0 radical (unpaired) electrons. The number of carbonyl (C=O) groups is 8. The largest absolute Gasteiger partial charge is 0.481 e. The molecule has 0 saturated carbocycles. The SMILES string of the molecule is CCCCCCCCCCCCCC(=O)C[C@H](CC(N)=O)C(=O)N[C@@H](C)C(=O)Cc1ccc2c(C)cc(=O)oc2c1.CCCCCCCCCCCCCC(=O)O.Cc1cc(=O)oc2cc(CC(=O)[C@H](C)NC(=O)[C@H](N)CC(N)=O)ccc12. The zero-order chi connectivity index (χ0) is 61.7. The van der Waals surface area contributed by atoms with Gasteiger partial charge in [0.15, 0.2) is 11.6 Å². The number of benzene rings is 2. The average molecular weight is 1160 g/mol. The smallest absolute Gasteiger partial charge is 0.336 e. The van der Waals surface area contributed by atoms with Gasteiger partial charge in [0, 0.05) is 61.4 Å². The Morgan fingerprint density at radius 3 is 1.23 bits per heavy atom. The highest BCUT2D eigenvalue weighted by atomic mass is 16.4. The van der Waals surface area contributed by atoms with Gasteiger partial charge in [0.05, 0.1) is 30.5 Å². The van der Waals surface area contributed by atoms with Crippen LogP contribution >= 0.6 is 0 Å². The Balaban J connectivity index is 0.000000475. The van der Waals surface area contributed by atoms with E-state index in [9.17, 15) is 47.9 Å². The van der Waals surface area contributed by atoms with Gasteiger partial charge in [0.25, 0.3) is 0 Å². The second kappa shape index (κ2) is 41.2. The third-order valence-corrected chi connectivity index (χ3v) is 14.6. The lowest BCUT2D eigenvalue weighted by atomic mass is 9.94. The van der Waals surface area contributed by atoms with Crippen LogP contribution in [-0.4, -0.2) is 70.2 Å². The van der Waals surface area contributed by atoms with Crippen LogP contribution in [0.3, 0.4) is 0 Å². The number of rotatable bonds is 40. The van der Waals surface area contributed by atoms with E-state index in [0.29, 0.717) is 35.1 Å². The standard InChI is InChI=1S/C33H48N2O6.C18H21N3O5.C14H28O2/c1-4-5-6-7-8-9-10-11-12-13-14-15-27(36)21-26(22-31(34)38)33(40)35-24(3)29(37)19-25-16-17-28-23(2)18-32(39)41-30(28)20-25;1-9-5-17(24)26-15-7-11(3-4-12(9)15)6-14(22)10(2)21-18(25)13(19)8-16(20)23;1-2-3-4-5-6-7-8-9-10-11-12-13-14(15)16/h16-18,20,24,26H,4-15,19,21-22H2,1-3H3,(H2,34,38)(H,35,40);3-5,7,10,13H,6,8,19H2,1-2H3,(H2,20,23)(H,21,25);2-13H2,1H3,(H,15,16)/t24-,26+;10-,13+;/m00./s1. The number of carboxylic acid groups (broad SMARTS) is 1. The zero-order valence-corrected chi connectivity index (χ0v) is 50.5. The summed E-state index contributed by atoms with van der Waals surface area (Å²) in [5, 5.41) is 15.2. The zero-order valence-electron chi connectivity index (χ0n) is 50.5. The first kappa shape index (κ1) is 72.3. The lowest BCUT2D eigenvalue weighted by molar-refractivity contribution is -0.137. The Morgan fingerprint density at radius 2 is 0.855 bits per heavy atom. The fourth-order valence-corrected chi connectivity index (χ4v) is 9.59. The molecule has 0 aliphatic rings. The number of hydrogen-bond acceptors (Lipinski definition) is 13. The quantitative estimate of drug-likeness (QED) is 0.0178. The molecule has 83 heavy (non-hydrogen) atoms. The minimum absolute atomic E-state index is 0.0211. The van der Waals surface area contributed by atoms with Gasteiger partial charge in [-0.3, -0.25) is 38.4 Å². The number of aliphatic carboxylic acids is 1. The molecule has 0 saturated heterocycles. The van der Waals surface area contributed by atoms with E-state index in [1.54, 1.807) is 50.2 Å². The molecule has 0 bridgehead atoms. The molecule has 0 aliphatic heterocycles. The van der Waals surface area contributed by atoms with E-state index >= 15 is 0 Å². The number of fused-ring (bicyclic) bond motifs is 2. The van der Waals surface area contributed by atoms with Crippen molar-refractivity contribution in [3.05, 3.63) is 91.6 Å². The minimum Gasteiger partial charge on any atom is -0.481 e. The highest BCUT2D eigenvalue weighted by molar-refractivity contribution is 5.95.